The summed E-state index contributed by atoms with van der Waals surface area (Å²) < 4.78 is 1.02. The van der Waals surface area contributed by atoms with Crippen LogP contribution in [0.4, 0.5) is 0 Å². The van der Waals surface area contributed by atoms with E-state index in [9.17, 15) is 0 Å². The highest BCUT2D eigenvalue weighted by atomic mass is 80.0. The summed E-state index contributed by atoms with van der Waals surface area (Å²) in [5, 5.41) is 11.5. The maximum atomic E-state index is 3.93. The molecule has 0 aliphatic carbocycles. The number of aromatic nitrogens is 4. The lowest BCUT2D eigenvalue weighted by Gasteiger charge is -2.11. The molecule has 7 heteroatoms. The third-order valence-electron chi connectivity index (χ3n) is 1.72. The zero-order chi connectivity index (χ0) is 10.9. The zero-order valence-electron chi connectivity index (χ0n) is 7.31. The molecule has 0 bridgehead atoms. The third-order valence-corrected chi connectivity index (χ3v) is 2.79. The predicted octanol–water partition coefficient (Wildman–Crippen LogP) is 2.96. The van der Waals surface area contributed by atoms with Gasteiger partial charge in [0.1, 0.15) is 0 Å². The normalized spacial score (nSPS) is 11.7. The van der Waals surface area contributed by atoms with E-state index in [1.807, 2.05) is 30.3 Å². The highest BCUT2D eigenvalue weighted by molar-refractivity contribution is 9.38. The largest absolute Gasteiger partial charge is 0.196 e. The van der Waals surface area contributed by atoms with E-state index in [-0.39, 0.29) is 0 Å². The van der Waals surface area contributed by atoms with Gasteiger partial charge in [-0.25, -0.2) is 0 Å². The van der Waals surface area contributed by atoms with Crippen LogP contribution in [0.15, 0.2) is 30.3 Å². The Morgan fingerprint density at radius 2 is 1.73 bits per heavy atom. The van der Waals surface area contributed by atoms with Gasteiger partial charge in [-0.3, -0.25) is 0 Å². The van der Waals surface area contributed by atoms with Crippen LogP contribution in [0.5, 0.6) is 0 Å². The van der Waals surface area contributed by atoms with Gasteiger partial charge in [0.05, 0.1) is 5.69 Å². The summed E-state index contributed by atoms with van der Waals surface area (Å²) in [7, 11) is 0. The van der Waals surface area contributed by atoms with E-state index in [0.717, 1.165) is 5.69 Å². The van der Waals surface area contributed by atoms with E-state index in [0.29, 0.717) is 5.82 Å². The number of nitrogens with zero attached hydrogens (tertiary/aromatic N) is 4. The van der Waals surface area contributed by atoms with E-state index >= 15 is 0 Å². The smallest absolute Gasteiger partial charge is 0.194 e. The first-order valence-corrected chi connectivity index (χ1v) is 6.38. The minimum atomic E-state index is -0.619. The lowest BCUT2D eigenvalue weighted by atomic mass is 10.3. The molecule has 15 heavy (non-hydrogen) atoms. The molecule has 0 radical (unpaired) electrons. The fourth-order valence-corrected chi connectivity index (χ4v) is 1.85. The highest BCUT2D eigenvalue weighted by Gasteiger charge is 2.28. The fourth-order valence-electron chi connectivity index (χ4n) is 1.11. The van der Waals surface area contributed by atoms with Crippen molar-refractivity contribution in [3.8, 4) is 5.69 Å². The van der Waals surface area contributed by atoms with Gasteiger partial charge in [-0.05, 0) is 22.6 Å². The molecule has 0 aliphatic rings. The Bertz CT molecular complexity index is 448. The Kier molecular flexibility index (Phi) is 3.22. The molecule has 0 N–H and O–H groups in total. The standard InChI is InChI=1S/C8H5Br3N4/c9-8(10,11)7-12-13-14-15(7)6-4-2-1-3-5-6/h1-5H. The van der Waals surface area contributed by atoms with Gasteiger partial charge in [0, 0.05) is 0 Å². The van der Waals surface area contributed by atoms with Crippen LogP contribution in [0.1, 0.15) is 5.82 Å². The van der Waals surface area contributed by atoms with Crippen molar-refractivity contribution in [1.29, 1.82) is 0 Å². The summed E-state index contributed by atoms with van der Waals surface area (Å²) in [6.45, 7) is 0. The molecule has 1 aromatic carbocycles. The first-order valence-electron chi connectivity index (χ1n) is 4.00. The summed E-state index contributed by atoms with van der Waals surface area (Å²) >= 11 is 10.2. The summed E-state index contributed by atoms with van der Waals surface area (Å²) in [5.74, 6) is 0.619. The van der Waals surface area contributed by atoms with E-state index in [1.54, 1.807) is 4.68 Å². The van der Waals surface area contributed by atoms with Crippen LogP contribution in [0.2, 0.25) is 0 Å². The number of para-hydroxylation sites is 1. The van der Waals surface area contributed by atoms with Gasteiger partial charge >= 0.3 is 0 Å². The minimum absolute atomic E-state index is 0.619. The van der Waals surface area contributed by atoms with Crippen molar-refractivity contribution in [2.45, 2.75) is 2.14 Å². The maximum Gasteiger partial charge on any atom is 0.196 e. The molecule has 0 fully saturated rings. The molecule has 78 valence electrons. The first-order chi connectivity index (χ1) is 7.09. The van der Waals surface area contributed by atoms with Crippen molar-refractivity contribution in [2.24, 2.45) is 0 Å². The second-order valence-electron chi connectivity index (χ2n) is 2.75. The van der Waals surface area contributed by atoms with Crippen molar-refractivity contribution in [3.63, 3.8) is 0 Å². The van der Waals surface area contributed by atoms with Crippen molar-refractivity contribution in [2.75, 3.05) is 0 Å². The average molecular weight is 397 g/mol. The van der Waals surface area contributed by atoms with Gasteiger partial charge in [0.25, 0.3) is 0 Å². The molecule has 2 rings (SSSR count). The molecule has 0 saturated heterocycles. The van der Waals surface area contributed by atoms with E-state index in [1.165, 1.54) is 0 Å². The van der Waals surface area contributed by atoms with Crippen molar-refractivity contribution in [1.82, 2.24) is 20.2 Å². The highest BCUT2D eigenvalue weighted by Crippen LogP contribution is 2.43. The summed E-state index contributed by atoms with van der Waals surface area (Å²) in [6, 6.07) is 9.66. The first kappa shape index (κ1) is 11.2. The van der Waals surface area contributed by atoms with Gasteiger partial charge < -0.3 is 0 Å². The molecular formula is C8H5Br3N4. The van der Waals surface area contributed by atoms with Gasteiger partial charge in [-0.1, -0.05) is 66.0 Å². The van der Waals surface area contributed by atoms with Gasteiger partial charge in [0.15, 0.2) is 7.97 Å². The number of rotatable bonds is 1. The Hall–Kier alpha value is -0.270. The Morgan fingerprint density at radius 1 is 1.07 bits per heavy atom. The quantitative estimate of drug-likeness (QED) is 0.696. The van der Waals surface area contributed by atoms with Gasteiger partial charge in [0.2, 0.25) is 0 Å². The van der Waals surface area contributed by atoms with Gasteiger partial charge in [-0.15, -0.1) is 5.10 Å². The van der Waals surface area contributed by atoms with Crippen LogP contribution in [-0.4, -0.2) is 20.2 Å². The monoisotopic (exact) mass is 394 g/mol. The predicted molar refractivity (Wildman–Crippen MR) is 67.6 cm³/mol. The molecule has 0 spiro atoms. The second kappa shape index (κ2) is 4.31. The van der Waals surface area contributed by atoms with Gasteiger partial charge in [-0.2, -0.15) is 4.68 Å². The molecule has 0 aliphatic heterocycles. The molecule has 0 atom stereocenters. The number of benzene rings is 1. The molecule has 0 unspecified atom stereocenters. The summed E-state index contributed by atoms with van der Waals surface area (Å²) in [5.41, 5.74) is 0.903. The van der Waals surface area contributed by atoms with Crippen molar-refractivity contribution >= 4 is 47.8 Å². The van der Waals surface area contributed by atoms with E-state index in [2.05, 4.69) is 63.3 Å². The number of hydrogen-bond acceptors (Lipinski definition) is 3. The van der Waals surface area contributed by atoms with E-state index in [4.69, 9.17) is 0 Å². The van der Waals surface area contributed by atoms with Crippen LogP contribution < -0.4 is 0 Å². The maximum absolute atomic E-state index is 3.93. The van der Waals surface area contributed by atoms with Crippen LogP contribution in [0.3, 0.4) is 0 Å². The van der Waals surface area contributed by atoms with E-state index < -0.39 is 2.14 Å². The Balaban J connectivity index is 2.51. The molecule has 1 aromatic heterocycles. The molecule has 0 saturated carbocycles. The average Bonchev–Trinajstić information content (AvgIpc) is 2.67. The number of alkyl halides is 3. The van der Waals surface area contributed by atoms with Crippen molar-refractivity contribution < 1.29 is 0 Å². The number of tetrazole rings is 1. The number of halogens is 3. The minimum Gasteiger partial charge on any atom is -0.194 e. The lowest BCUT2D eigenvalue weighted by molar-refractivity contribution is 0.775. The molecule has 2 aromatic rings. The van der Waals surface area contributed by atoms with Crippen molar-refractivity contribution in [3.05, 3.63) is 36.2 Å². The SMILES string of the molecule is BrC(Br)(Br)c1nnnn1-c1ccccc1. The lowest BCUT2D eigenvalue weighted by Crippen LogP contribution is -2.10. The molecule has 1 heterocycles. The zero-order valence-corrected chi connectivity index (χ0v) is 12.1. The third kappa shape index (κ3) is 2.46. The van der Waals surface area contributed by atoms with Crippen LogP contribution >= 0.6 is 47.8 Å². The number of hydrogen-bond donors (Lipinski definition) is 0. The second-order valence-corrected chi connectivity index (χ2v) is 9.51. The summed E-state index contributed by atoms with van der Waals surface area (Å²) in [4.78, 5) is 0. The van der Waals surface area contributed by atoms with Crippen LogP contribution in [0.25, 0.3) is 5.69 Å². The molecule has 0 amide bonds. The topological polar surface area (TPSA) is 43.6 Å². The summed E-state index contributed by atoms with van der Waals surface area (Å²) in [6.07, 6.45) is 0. The molecular weight excluding hydrogens is 392 g/mol. The molecule has 4 nitrogen and oxygen atoms in total. The van der Waals surface area contributed by atoms with Crippen LogP contribution in [0, 0.1) is 0 Å². The van der Waals surface area contributed by atoms with Crippen LogP contribution in [-0.2, 0) is 2.14 Å². The Morgan fingerprint density at radius 3 is 2.33 bits per heavy atom. The Labute approximate surface area is 111 Å². The fraction of sp³-hybridized carbons (Fsp3) is 0.125.